The van der Waals surface area contributed by atoms with Gasteiger partial charge in [0.1, 0.15) is 0 Å². The number of carbonyl (C=O) groups excluding carboxylic acids is 1. The molecule has 0 heterocycles. The summed E-state index contributed by atoms with van der Waals surface area (Å²) in [7, 11) is 1.93. The van der Waals surface area contributed by atoms with Crippen LogP contribution in [-0.2, 0) is 4.79 Å². The van der Waals surface area contributed by atoms with Crippen molar-refractivity contribution in [2.45, 2.75) is 46.0 Å². The second-order valence-electron chi connectivity index (χ2n) is 5.50. The molecule has 0 spiro atoms. The molecule has 0 N–H and O–H groups in total. The maximum absolute atomic E-state index is 12.5. The van der Waals surface area contributed by atoms with Gasteiger partial charge in [0.05, 0.1) is 0 Å². The molecule has 3 heteroatoms. The molecule has 0 aromatic rings. The summed E-state index contributed by atoms with van der Waals surface area (Å²) in [6, 6.07) is 0. The Labute approximate surface area is 108 Å². The van der Waals surface area contributed by atoms with Crippen LogP contribution in [-0.4, -0.2) is 29.7 Å². The molecule has 0 aromatic heterocycles. The standard InChI is InChI=1S/C13H24BrNO/c1-11(2)10-13(6-4-5-7-13)12(16)15(3)9-8-14/h11H,4-10H2,1-3H3. The van der Waals surface area contributed by atoms with Crippen molar-refractivity contribution in [2.24, 2.45) is 11.3 Å². The van der Waals surface area contributed by atoms with E-state index in [1.54, 1.807) is 0 Å². The van der Waals surface area contributed by atoms with Crippen LogP contribution in [0, 0.1) is 11.3 Å². The summed E-state index contributed by atoms with van der Waals surface area (Å²) in [6.07, 6.45) is 5.69. The second-order valence-corrected chi connectivity index (χ2v) is 6.29. The number of halogens is 1. The van der Waals surface area contributed by atoms with Crippen LogP contribution >= 0.6 is 15.9 Å². The third kappa shape index (κ3) is 3.22. The number of nitrogens with zero attached hydrogens (tertiary/aromatic N) is 1. The minimum atomic E-state index is -0.0366. The van der Waals surface area contributed by atoms with E-state index < -0.39 is 0 Å². The van der Waals surface area contributed by atoms with Crippen molar-refractivity contribution in [1.82, 2.24) is 4.90 Å². The Morgan fingerprint density at radius 1 is 1.38 bits per heavy atom. The summed E-state index contributed by atoms with van der Waals surface area (Å²) in [5, 5.41) is 0.868. The number of hydrogen-bond acceptors (Lipinski definition) is 1. The summed E-state index contributed by atoms with van der Waals surface area (Å²) in [5.74, 6) is 0.984. The lowest BCUT2D eigenvalue weighted by atomic mass is 9.77. The van der Waals surface area contributed by atoms with Gasteiger partial charge in [0, 0.05) is 24.3 Å². The molecule has 94 valence electrons. The molecular formula is C13H24BrNO. The van der Waals surface area contributed by atoms with Gasteiger partial charge in [0.2, 0.25) is 5.91 Å². The van der Waals surface area contributed by atoms with Crippen molar-refractivity contribution in [3.63, 3.8) is 0 Å². The predicted octanol–water partition coefficient (Wildman–Crippen LogP) is 3.45. The average Bonchev–Trinajstić information content (AvgIpc) is 2.65. The van der Waals surface area contributed by atoms with Gasteiger partial charge in [0.25, 0.3) is 0 Å². The Kier molecular flexibility index (Phi) is 5.29. The third-order valence-electron chi connectivity index (χ3n) is 3.58. The van der Waals surface area contributed by atoms with Crippen LogP contribution in [0.25, 0.3) is 0 Å². The van der Waals surface area contributed by atoms with E-state index in [1.807, 2.05) is 11.9 Å². The van der Waals surface area contributed by atoms with Crippen LogP contribution < -0.4 is 0 Å². The predicted molar refractivity (Wildman–Crippen MR) is 71.8 cm³/mol. The highest BCUT2D eigenvalue weighted by molar-refractivity contribution is 9.09. The second kappa shape index (κ2) is 6.04. The van der Waals surface area contributed by atoms with E-state index in [4.69, 9.17) is 0 Å². The van der Waals surface area contributed by atoms with E-state index in [0.717, 1.165) is 31.1 Å². The summed E-state index contributed by atoms with van der Waals surface area (Å²) in [5.41, 5.74) is -0.0366. The van der Waals surface area contributed by atoms with Crippen molar-refractivity contribution in [3.8, 4) is 0 Å². The molecule has 1 aliphatic carbocycles. The van der Waals surface area contributed by atoms with Gasteiger partial charge in [-0.2, -0.15) is 0 Å². The van der Waals surface area contributed by atoms with Gasteiger partial charge in [-0.25, -0.2) is 0 Å². The van der Waals surface area contributed by atoms with E-state index in [1.165, 1.54) is 12.8 Å². The van der Waals surface area contributed by atoms with E-state index in [0.29, 0.717) is 11.8 Å². The number of rotatable bonds is 5. The smallest absolute Gasteiger partial charge is 0.228 e. The quantitative estimate of drug-likeness (QED) is 0.710. The zero-order valence-electron chi connectivity index (χ0n) is 10.8. The van der Waals surface area contributed by atoms with Gasteiger partial charge < -0.3 is 4.90 Å². The lowest BCUT2D eigenvalue weighted by molar-refractivity contribution is -0.141. The summed E-state index contributed by atoms with van der Waals surface area (Å²) in [4.78, 5) is 14.4. The van der Waals surface area contributed by atoms with Crippen LogP contribution in [0.3, 0.4) is 0 Å². The number of amides is 1. The van der Waals surface area contributed by atoms with E-state index in [2.05, 4.69) is 29.8 Å². The first-order valence-corrected chi connectivity index (χ1v) is 7.45. The molecule has 1 aliphatic rings. The first kappa shape index (κ1) is 14.0. The Hall–Kier alpha value is -0.0500. The molecule has 1 saturated carbocycles. The van der Waals surface area contributed by atoms with Crippen LogP contribution in [0.15, 0.2) is 0 Å². The lowest BCUT2D eigenvalue weighted by Crippen LogP contribution is -2.42. The number of alkyl halides is 1. The minimum absolute atomic E-state index is 0.0366. The van der Waals surface area contributed by atoms with Crippen molar-refractivity contribution < 1.29 is 4.79 Å². The Balaban J connectivity index is 2.72. The van der Waals surface area contributed by atoms with Crippen molar-refractivity contribution in [2.75, 3.05) is 18.9 Å². The van der Waals surface area contributed by atoms with Gasteiger partial charge >= 0.3 is 0 Å². The fourth-order valence-corrected chi connectivity index (χ4v) is 3.50. The molecule has 1 amide bonds. The zero-order valence-corrected chi connectivity index (χ0v) is 12.3. The maximum Gasteiger partial charge on any atom is 0.228 e. The van der Waals surface area contributed by atoms with E-state index >= 15 is 0 Å². The van der Waals surface area contributed by atoms with Crippen molar-refractivity contribution in [1.29, 1.82) is 0 Å². The van der Waals surface area contributed by atoms with Crippen molar-refractivity contribution in [3.05, 3.63) is 0 Å². The van der Waals surface area contributed by atoms with Gasteiger partial charge in [-0.3, -0.25) is 4.79 Å². The molecule has 0 aliphatic heterocycles. The summed E-state index contributed by atoms with van der Waals surface area (Å²) >= 11 is 3.40. The summed E-state index contributed by atoms with van der Waals surface area (Å²) < 4.78 is 0. The molecule has 0 atom stereocenters. The molecule has 0 radical (unpaired) electrons. The first-order chi connectivity index (χ1) is 7.52. The average molecular weight is 290 g/mol. The molecule has 0 saturated heterocycles. The van der Waals surface area contributed by atoms with Gasteiger partial charge in [-0.05, 0) is 25.2 Å². The van der Waals surface area contributed by atoms with E-state index in [-0.39, 0.29) is 5.41 Å². The summed E-state index contributed by atoms with van der Waals surface area (Å²) in [6.45, 7) is 5.26. The lowest BCUT2D eigenvalue weighted by Gasteiger charge is -2.33. The molecule has 1 rings (SSSR count). The molecule has 1 fully saturated rings. The van der Waals surface area contributed by atoms with Crippen LogP contribution in [0.2, 0.25) is 0 Å². The van der Waals surface area contributed by atoms with Crippen LogP contribution in [0.5, 0.6) is 0 Å². The van der Waals surface area contributed by atoms with Crippen LogP contribution in [0.4, 0.5) is 0 Å². The van der Waals surface area contributed by atoms with Gasteiger partial charge in [0.15, 0.2) is 0 Å². The minimum Gasteiger partial charge on any atom is -0.344 e. The monoisotopic (exact) mass is 289 g/mol. The van der Waals surface area contributed by atoms with Crippen molar-refractivity contribution >= 4 is 21.8 Å². The third-order valence-corrected chi connectivity index (χ3v) is 3.93. The largest absolute Gasteiger partial charge is 0.344 e. The molecule has 0 aromatic carbocycles. The Morgan fingerprint density at radius 2 is 1.94 bits per heavy atom. The molecule has 2 nitrogen and oxygen atoms in total. The van der Waals surface area contributed by atoms with E-state index in [9.17, 15) is 4.79 Å². The fraction of sp³-hybridized carbons (Fsp3) is 0.923. The van der Waals surface area contributed by atoms with Gasteiger partial charge in [-0.1, -0.05) is 42.6 Å². The highest BCUT2D eigenvalue weighted by Crippen LogP contribution is 2.44. The maximum atomic E-state index is 12.5. The molecule has 16 heavy (non-hydrogen) atoms. The Bertz CT molecular complexity index is 234. The topological polar surface area (TPSA) is 20.3 Å². The molecule has 0 bridgehead atoms. The SMILES string of the molecule is CC(C)CC1(C(=O)N(C)CCBr)CCCC1. The Morgan fingerprint density at radius 3 is 2.38 bits per heavy atom. The van der Waals surface area contributed by atoms with Gasteiger partial charge in [-0.15, -0.1) is 0 Å². The first-order valence-electron chi connectivity index (χ1n) is 6.33. The highest BCUT2D eigenvalue weighted by Gasteiger charge is 2.42. The fourth-order valence-electron chi connectivity index (χ4n) is 2.97. The normalized spacial score (nSPS) is 19.1. The molecular weight excluding hydrogens is 266 g/mol. The van der Waals surface area contributed by atoms with Crippen LogP contribution in [0.1, 0.15) is 46.0 Å². The number of carbonyl (C=O) groups is 1. The zero-order chi connectivity index (χ0) is 12.2. The molecule has 0 unspecified atom stereocenters. The number of hydrogen-bond donors (Lipinski definition) is 0. The highest BCUT2D eigenvalue weighted by atomic mass is 79.9.